The minimum Gasteiger partial charge on any atom is -0.326 e. The van der Waals surface area contributed by atoms with Crippen LogP contribution in [0.15, 0.2) is 22.5 Å². The second-order valence-corrected chi connectivity index (χ2v) is 8.18. The highest BCUT2D eigenvalue weighted by Gasteiger charge is 2.21. The molecule has 2 rings (SSSR count). The summed E-state index contributed by atoms with van der Waals surface area (Å²) < 4.78 is 23.0. The first-order chi connectivity index (χ1) is 9.07. The third-order valence-corrected chi connectivity index (χ3v) is 4.89. The summed E-state index contributed by atoms with van der Waals surface area (Å²) in [5.41, 5.74) is 0.629. The number of aromatic nitrogens is 1. The molecule has 1 amide bonds. The zero-order valence-electron chi connectivity index (χ0n) is 11.3. The molecule has 0 aliphatic rings. The van der Waals surface area contributed by atoms with Crippen molar-refractivity contribution in [1.29, 1.82) is 0 Å². The molecule has 1 aromatic heterocycles. The topological polar surface area (TPSA) is 102 Å². The van der Waals surface area contributed by atoms with E-state index in [9.17, 15) is 13.2 Å². The maximum Gasteiger partial charge on any atom is 0.265 e. The van der Waals surface area contributed by atoms with Gasteiger partial charge in [0, 0.05) is 11.1 Å². The fraction of sp³-hybridized carbons (Fsp3) is 0.333. The zero-order valence-corrected chi connectivity index (χ0v) is 12.9. The van der Waals surface area contributed by atoms with Crippen molar-refractivity contribution in [3.63, 3.8) is 0 Å². The lowest BCUT2D eigenvalue weighted by Gasteiger charge is -2.17. The van der Waals surface area contributed by atoms with Gasteiger partial charge >= 0.3 is 0 Å². The van der Waals surface area contributed by atoms with Crippen LogP contribution in [0.25, 0.3) is 10.2 Å². The SMILES string of the molecule is CC(C)(C)C(=O)Nc1ccc2nc(S(N)(=O)=O)sc2c1. The summed E-state index contributed by atoms with van der Waals surface area (Å²) in [4.78, 5) is 15.8. The Balaban J connectivity index is 2.37. The molecule has 0 atom stereocenters. The molecular weight excluding hydrogens is 298 g/mol. The van der Waals surface area contributed by atoms with E-state index in [-0.39, 0.29) is 10.2 Å². The maximum absolute atomic E-state index is 11.9. The van der Waals surface area contributed by atoms with Crippen LogP contribution < -0.4 is 10.5 Å². The van der Waals surface area contributed by atoms with E-state index in [1.807, 2.05) is 20.8 Å². The number of rotatable bonds is 2. The van der Waals surface area contributed by atoms with Gasteiger partial charge < -0.3 is 5.32 Å². The molecule has 0 aliphatic heterocycles. The number of primary sulfonamides is 1. The number of hydrogen-bond donors (Lipinski definition) is 2. The number of benzene rings is 1. The van der Waals surface area contributed by atoms with Gasteiger partial charge in [0.2, 0.25) is 10.2 Å². The monoisotopic (exact) mass is 313 g/mol. The van der Waals surface area contributed by atoms with Crippen LogP contribution in [0.1, 0.15) is 20.8 Å². The number of hydrogen-bond acceptors (Lipinski definition) is 5. The van der Waals surface area contributed by atoms with Crippen molar-refractivity contribution in [2.75, 3.05) is 5.32 Å². The van der Waals surface area contributed by atoms with Gasteiger partial charge in [0.05, 0.1) is 10.2 Å². The Morgan fingerprint density at radius 2 is 2.00 bits per heavy atom. The third kappa shape index (κ3) is 3.14. The second-order valence-electron chi connectivity index (χ2n) is 5.41. The van der Waals surface area contributed by atoms with E-state index in [0.717, 1.165) is 11.3 Å². The van der Waals surface area contributed by atoms with Gasteiger partial charge in [-0.3, -0.25) is 4.79 Å². The Hall–Kier alpha value is -1.51. The zero-order chi connectivity index (χ0) is 15.1. The first-order valence-electron chi connectivity index (χ1n) is 5.82. The number of fused-ring (bicyclic) bond motifs is 1. The average Bonchev–Trinajstić information content (AvgIpc) is 2.70. The molecule has 108 valence electrons. The van der Waals surface area contributed by atoms with E-state index in [4.69, 9.17) is 5.14 Å². The summed E-state index contributed by atoms with van der Waals surface area (Å²) >= 11 is 0.978. The molecule has 0 saturated heterocycles. The molecule has 1 aromatic carbocycles. The molecular formula is C12H15N3O3S2. The first-order valence-corrected chi connectivity index (χ1v) is 8.18. The van der Waals surface area contributed by atoms with Crippen molar-refractivity contribution < 1.29 is 13.2 Å². The van der Waals surface area contributed by atoms with Gasteiger partial charge in [-0.15, -0.1) is 11.3 Å². The normalized spacial score (nSPS) is 12.6. The number of nitrogens with two attached hydrogens (primary N) is 1. The van der Waals surface area contributed by atoms with Gasteiger partial charge in [-0.2, -0.15) is 0 Å². The quantitative estimate of drug-likeness (QED) is 0.884. The molecule has 2 aromatic rings. The van der Waals surface area contributed by atoms with Crippen LogP contribution in [-0.4, -0.2) is 19.3 Å². The van der Waals surface area contributed by atoms with Crippen molar-refractivity contribution in [2.45, 2.75) is 25.1 Å². The Morgan fingerprint density at radius 1 is 1.35 bits per heavy atom. The lowest BCUT2D eigenvalue weighted by Crippen LogP contribution is -2.27. The Morgan fingerprint density at radius 3 is 2.55 bits per heavy atom. The van der Waals surface area contributed by atoms with E-state index in [2.05, 4.69) is 10.3 Å². The van der Waals surface area contributed by atoms with E-state index < -0.39 is 15.4 Å². The smallest absolute Gasteiger partial charge is 0.265 e. The molecule has 0 unspecified atom stereocenters. The van der Waals surface area contributed by atoms with Crippen molar-refractivity contribution in [3.8, 4) is 0 Å². The molecule has 0 aliphatic carbocycles. The maximum atomic E-state index is 11.9. The van der Waals surface area contributed by atoms with Gasteiger partial charge in [-0.25, -0.2) is 18.5 Å². The van der Waals surface area contributed by atoms with E-state index in [0.29, 0.717) is 15.9 Å². The fourth-order valence-corrected chi connectivity index (χ4v) is 3.12. The summed E-state index contributed by atoms with van der Waals surface area (Å²) in [6.07, 6.45) is 0. The van der Waals surface area contributed by atoms with Crippen LogP contribution in [0.2, 0.25) is 0 Å². The molecule has 20 heavy (non-hydrogen) atoms. The van der Waals surface area contributed by atoms with Crippen molar-refractivity contribution in [2.24, 2.45) is 10.6 Å². The minimum absolute atomic E-state index is 0.118. The highest BCUT2D eigenvalue weighted by Crippen LogP contribution is 2.28. The van der Waals surface area contributed by atoms with Crippen LogP contribution in [0.5, 0.6) is 0 Å². The highest BCUT2D eigenvalue weighted by molar-refractivity contribution is 7.91. The summed E-state index contributed by atoms with van der Waals surface area (Å²) in [6.45, 7) is 5.44. The Bertz CT molecular complexity index is 773. The van der Waals surface area contributed by atoms with Gasteiger partial charge in [0.15, 0.2) is 0 Å². The summed E-state index contributed by atoms with van der Waals surface area (Å²) in [7, 11) is -3.80. The largest absolute Gasteiger partial charge is 0.326 e. The Labute approximate surface area is 121 Å². The highest BCUT2D eigenvalue weighted by atomic mass is 32.2. The standard InChI is InChI=1S/C12H15N3O3S2/c1-12(2,3)10(16)14-7-4-5-8-9(6-7)19-11(15-8)20(13,17)18/h4-6H,1-3H3,(H,14,16)(H2,13,17,18). The molecule has 0 spiro atoms. The molecule has 0 radical (unpaired) electrons. The van der Waals surface area contributed by atoms with E-state index >= 15 is 0 Å². The fourth-order valence-electron chi connectivity index (χ4n) is 1.42. The number of sulfonamides is 1. The van der Waals surface area contributed by atoms with Gasteiger partial charge in [0.25, 0.3) is 10.0 Å². The van der Waals surface area contributed by atoms with Gasteiger partial charge in [0.1, 0.15) is 0 Å². The van der Waals surface area contributed by atoms with Crippen LogP contribution in [0.4, 0.5) is 5.69 Å². The minimum atomic E-state index is -3.80. The molecule has 6 nitrogen and oxygen atoms in total. The number of carbonyl (C=O) groups is 1. The number of carbonyl (C=O) groups excluding carboxylic acids is 1. The average molecular weight is 313 g/mol. The van der Waals surface area contributed by atoms with Crippen LogP contribution in [-0.2, 0) is 14.8 Å². The van der Waals surface area contributed by atoms with E-state index in [1.54, 1.807) is 18.2 Å². The van der Waals surface area contributed by atoms with Crippen molar-refractivity contribution in [3.05, 3.63) is 18.2 Å². The van der Waals surface area contributed by atoms with Crippen LogP contribution >= 0.6 is 11.3 Å². The van der Waals surface area contributed by atoms with Crippen molar-refractivity contribution in [1.82, 2.24) is 4.98 Å². The number of thiazole rings is 1. The molecule has 0 bridgehead atoms. The van der Waals surface area contributed by atoms with Gasteiger partial charge in [-0.05, 0) is 18.2 Å². The molecule has 0 fully saturated rings. The number of anilines is 1. The summed E-state index contributed by atoms with van der Waals surface area (Å²) in [5.74, 6) is -0.118. The van der Waals surface area contributed by atoms with Crippen LogP contribution in [0.3, 0.4) is 0 Å². The first kappa shape index (κ1) is 14.9. The predicted octanol–water partition coefficient (Wildman–Crippen LogP) is 1.93. The van der Waals surface area contributed by atoms with Gasteiger partial charge in [-0.1, -0.05) is 20.8 Å². The number of nitrogens with one attached hydrogen (secondary N) is 1. The summed E-state index contributed by atoms with van der Waals surface area (Å²) in [5, 5.41) is 7.83. The third-order valence-electron chi connectivity index (χ3n) is 2.55. The lowest BCUT2D eigenvalue weighted by atomic mass is 9.95. The second kappa shape index (κ2) is 4.80. The molecule has 1 heterocycles. The molecule has 0 saturated carbocycles. The predicted molar refractivity (Wildman–Crippen MR) is 79.1 cm³/mol. The number of nitrogens with zero attached hydrogens (tertiary/aromatic N) is 1. The van der Waals surface area contributed by atoms with Crippen LogP contribution in [0, 0.1) is 5.41 Å². The van der Waals surface area contributed by atoms with E-state index in [1.165, 1.54) is 0 Å². The lowest BCUT2D eigenvalue weighted by molar-refractivity contribution is -0.123. The van der Waals surface area contributed by atoms with Crippen molar-refractivity contribution >= 4 is 43.2 Å². The molecule has 8 heteroatoms. The molecule has 3 N–H and O–H groups in total. The number of amides is 1. The summed E-state index contributed by atoms with van der Waals surface area (Å²) in [6, 6.07) is 5.02. The Kier molecular flexibility index (Phi) is 3.57.